The van der Waals surface area contributed by atoms with Gasteiger partial charge in [0, 0.05) is 17.1 Å². The highest BCUT2D eigenvalue weighted by Gasteiger charge is 2.08. The van der Waals surface area contributed by atoms with Crippen molar-refractivity contribution in [3.63, 3.8) is 0 Å². The quantitative estimate of drug-likeness (QED) is 0.800. The molecule has 106 valence electrons. The summed E-state index contributed by atoms with van der Waals surface area (Å²) in [5.41, 5.74) is 12.7. The fraction of sp³-hybridized carbons (Fsp3) is 0.267. The van der Waals surface area contributed by atoms with Crippen molar-refractivity contribution in [3.05, 3.63) is 53.3 Å². The third-order valence-electron chi connectivity index (χ3n) is 3.27. The molecule has 5 heteroatoms. The summed E-state index contributed by atoms with van der Waals surface area (Å²) in [4.78, 5) is 10.8. The van der Waals surface area contributed by atoms with Crippen LogP contribution >= 0.6 is 0 Å². The van der Waals surface area contributed by atoms with Crippen molar-refractivity contribution in [2.24, 2.45) is 5.73 Å². The predicted octanol–water partition coefficient (Wildman–Crippen LogP) is 2.90. The third kappa shape index (κ3) is 3.12. The van der Waals surface area contributed by atoms with E-state index in [2.05, 4.69) is 48.3 Å². The molecule has 0 saturated heterocycles. The second-order valence-corrected chi connectivity index (χ2v) is 4.91. The molecule has 4 N–H and O–H groups in total. The summed E-state index contributed by atoms with van der Waals surface area (Å²) in [6, 6.07) is 11.4. The number of carbonyl (C=O) groups is 1. The molecule has 0 bridgehead atoms. The normalized spacial score (nSPS) is 11.9. The lowest BCUT2D eigenvalue weighted by atomic mass is 10.1. The van der Waals surface area contributed by atoms with E-state index < -0.39 is 6.03 Å². The highest BCUT2D eigenvalue weighted by molar-refractivity contribution is 5.87. The minimum absolute atomic E-state index is 0.155. The lowest BCUT2D eigenvalue weighted by Crippen LogP contribution is -2.21. The fourth-order valence-corrected chi connectivity index (χ4v) is 2.14. The second-order valence-electron chi connectivity index (χ2n) is 4.91. The molecule has 0 aliphatic rings. The summed E-state index contributed by atoms with van der Waals surface area (Å²) >= 11 is 0. The number of anilines is 1. The van der Waals surface area contributed by atoms with Crippen LogP contribution in [0.3, 0.4) is 0 Å². The summed E-state index contributed by atoms with van der Waals surface area (Å²) < 4.78 is 2.07. The summed E-state index contributed by atoms with van der Waals surface area (Å²) in [6.45, 7) is 6.22. The predicted molar refractivity (Wildman–Crippen MR) is 81.3 cm³/mol. The average molecular weight is 272 g/mol. The Morgan fingerprint density at radius 1 is 1.10 bits per heavy atom. The number of hydrogen-bond donors (Lipinski definition) is 3. The van der Waals surface area contributed by atoms with Gasteiger partial charge in [-0.1, -0.05) is 12.1 Å². The lowest BCUT2D eigenvalue weighted by molar-refractivity contribution is 0.259. The molecule has 5 nitrogen and oxygen atoms in total. The molecule has 2 rings (SSSR count). The SMILES string of the molecule is Cc1ccc(C)n1NC(C)c1ccc(NC(N)=O)cc1. The number of nitrogens with zero attached hydrogens (tertiary/aromatic N) is 1. The number of nitrogens with one attached hydrogen (secondary N) is 2. The molecule has 0 radical (unpaired) electrons. The van der Waals surface area contributed by atoms with Crippen molar-refractivity contribution in [3.8, 4) is 0 Å². The maximum Gasteiger partial charge on any atom is 0.316 e. The summed E-state index contributed by atoms with van der Waals surface area (Å²) in [5.74, 6) is 0. The summed E-state index contributed by atoms with van der Waals surface area (Å²) in [6.07, 6.45) is 0. The summed E-state index contributed by atoms with van der Waals surface area (Å²) in [7, 11) is 0. The van der Waals surface area contributed by atoms with Gasteiger partial charge >= 0.3 is 6.03 Å². The molecule has 2 aromatic rings. The van der Waals surface area contributed by atoms with E-state index in [1.54, 1.807) is 0 Å². The second kappa shape index (κ2) is 5.69. The number of amides is 2. The van der Waals surface area contributed by atoms with Gasteiger partial charge in [-0.15, -0.1) is 0 Å². The smallest absolute Gasteiger partial charge is 0.316 e. The standard InChI is InChI=1S/C15H20N4O/c1-10-4-5-11(2)19(10)18-12(3)13-6-8-14(9-7-13)17-15(16)20/h4-9,12,18H,1-3H3,(H3,16,17,20). The van der Waals surface area contributed by atoms with E-state index in [1.165, 1.54) is 11.4 Å². The van der Waals surface area contributed by atoms with Gasteiger partial charge in [-0.2, -0.15) is 0 Å². The number of nitrogens with two attached hydrogens (primary N) is 1. The van der Waals surface area contributed by atoms with Gasteiger partial charge in [-0.05, 0) is 50.6 Å². The molecular formula is C15H20N4O. The van der Waals surface area contributed by atoms with E-state index in [4.69, 9.17) is 5.73 Å². The maximum absolute atomic E-state index is 10.8. The molecule has 1 unspecified atom stereocenters. The van der Waals surface area contributed by atoms with Gasteiger partial charge in [0.1, 0.15) is 0 Å². The lowest BCUT2D eigenvalue weighted by Gasteiger charge is -2.20. The number of aromatic nitrogens is 1. The van der Waals surface area contributed by atoms with Gasteiger partial charge in [0.15, 0.2) is 0 Å². The molecule has 0 saturated carbocycles. The van der Waals surface area contributed by atoms with Gasteiger partial charge in [0.05, 0.1) is 6.04 Å². The van der Waals surface area contributed by atoms with Gasteiger partial charge in [-0.25, -0.2) is 4.79 Å². The first-order chi connectivity index (χ1) is 9.47. The number of primary amides is 1. The Bertz CT molecular complexity index is 581. The van der Waals surface area contributed by atoms with Crippen molar-refractivity contribution < 1.29 is 4.79 Å². The highest BCUT2D eigenvalue weighted by atomic mass is 16.2. The number of carbonyl (C=O) groups excluding carboxylic acids is 1. The Morgan fingerprint density at radius 3 is 2.15 bits per heavy atom. The highest BCUT2D eigenvalue weighted by Crippen LogP contribution is 2.18. The van der Waals surface area contributed by atoms with Gasteiger partial charge in [0.25, 0.3) is 0 Å². The molecule has 1 atom stereocenters. The van der Waals surface area contributed by atoms with Gasteiger partial charge in [-0.3, -0.25) is 4.68 Å². The van der Waals surface area contributed by atoms with Crippen molar-refractivity contribution in [2.45, 2.75) is 26.8 Å². The first-order valence-corrected chi connectivity index (χ1v) is 6.55. The van der Waals surface area contributed by atoms with Crippen molar-refractivity contribution in [2.75, 3.05) is 10.7 Å². The van der Waals surface area contributed by atoms with Crippen LogP contribution in [0.1, 0.15) is 29.9 Å². The molecule has 0 spiro atoms. The number of hydrogen-bond acceptors (Lipinski definition) is 2. The fourth-order valence-electron chi connectivity index (χ4n) is 2.14. The third-order valence-corrected chi connectivity index (χ3v) is 3.27. The molecule has 2 amide bonds. The van der Waals surface area contributed by atoms with E-state index in [0.717, 1.165) is 5.56 Å². The monoisotopic (exact) mass is 272 g/mol. The Hall–Kier alpha value is -2.43. The number of aryl methyl sites for hydroxylation is 2. The average Bonchev–Trinajstić information content (AvgIpc) is 2.70. The molecule has 0 aliphatic heterocycles. The molecular weight excluding hydrogens is 252 g/mol. The zero-order valence-electron chi connectivity index (χ0n) is 12.0. The van der Waals surface area contributed by atoms with Crippen molar-refractivity contribution >= 4 is 11.7 Å². The molecule has 1 heterocycles. The van der Waals surface area contributed by atoms with Crippen LogP contribution in [0.4, 0.5) is 10.5 Å². The molecule has 1 aromatic heterocycles. The van der Waals surface area contributed by atoms with Crippen LogP contribution in [0, 0.1) is 13.8 Å². The minimum atomic E-state index is -0.553. The first kappa shape index (κ1) is 14.0. The van der Waals surface area contributed by atoms with E-state index in [1.807, 2.05) is 24.3 Å². The number of benzene rings is 1. The Balaban J connectivity index is 2.09. The largest absolute Gasteiger partial charge is 0.351 e. The minimum Gasteiger partial charge on any atom is -0.351 e. The number of rotatable bonds is 4. The first-order valence-electron chi connectivity index (χ1n) is 6.55. The van der Waals surface area contributed by atoms with Crippen LogP contribution in [0.25, 0.3) is 0 Å². The summed E-state index contributed by atoms with van der Waals surface area (Å²) in [5, 5.41) is 2.55. The van der Waals surface area contributed by atoms with Crippen molar-refractivity contribution in [1.82, 2.24) is 4.68 Å². The molecule has 0 aliphatic carbocycles. The zero-order chi connectivity index (χ0) is 14.7. The van der Waals surface area contributed by atoms with Gasteiger partial charge in [0.2, 0.25) is 0 Å². The van der Waals surface area contributed by atoms with Crippen LogP contribution in [0.2, 0.25) is 0 Å². The van der Waals surface area contributed by atoms with Gasteiger partial charge < -0.3 is 16.5 Å². The van der Waals surface area contributed by atoms with Crippen LogP contribution in [0.15, 0.2) is 36.4 Å². The van der Waals surface area contributed by atoms with E-state index in [0.29, 0.717) is 5.69 Å². The van der Waals surface area contributed by atoms with Crippen LogP contribution in [0.5, 0.6) is 0 Å². The van der Waals surface area contributed by atoms with E-state index in [-0.39, 0.29) is 6.04 Å². The zero-order valence-corrected chi connectivity index (χ0v) is 12.0. The van der Waals surface area contributed by atoms with Crippen LogP contribution in [-0.2, 0) is 0 Å². The Kier molecular flexibility index (Phi) is 3.98. The van der Waals surface area contributed by atoms with Crippen molar-refractivity contribution in [1.29, 1.82) is 0 Å². The molecule has 0 fully saturated rings. The van der Waals surface area contributed by atoms with E-state index in [9.17, 15) is 4.79 Å². The Labute approximate surface area is 118 Å². The molecule has 20 heavy (non-hydrogen) atoms. The topological polar surface area (TPSA) is 72.1 Å². The van der Waals surface area contributed by atoms with E-state index >= 15 is 0 Å². The maximum atomic E-state index is 10.8. The molecule has 1 aromatic carbocycles. The van der Waals surface area contributed by atoms with Crippen LogP contribution in [-0.4, -0.2) is 10.7 Å². The van der Waals surface area contributed by atoms with Crippen LogP contribution < -0.4 is 16.5 Å². The Morgan fingerprint density at radius 2 is 1.65 bits per heavy atom. The number of urea groups is 1.